The van der Waals surface area contributed by atoms with E-state index < -0.39 is 11.7 Å². The molecule has 0 heterocycles. The summed E-state index contributed by atoms with van der Waals surface area (Å²) in [5.41, 5.74) is 4.70. The van der Waals surface area contributed by atoms with E-state index in [-0.39, 0.29) is 24.1 Å². The molecule has 0 saturated heterocycles. The Labute approximate surface area is 105 Å². The lowest BCUT2D eigenvalue weighted by molar-refractivity contribution is -0.138. The number of nitrogens with two attached hydrogens (primary N) is 1. The van der Waals surface area contributed by atoms with Crippen molar-refractivity contribution in [2.45, 2.75) is 39.6 Å². The van der Waals surface area contributed by atoms with Crippen molar-refractivity contribution in [2.24, 2.45) is 11.7 Å². The molecule has 1 aromatic rings. The molecule has 1 atom stereocenters. The number of halogens is 3. The van der Waals surface area contributed by atoms with Gasteiger partial charge in [0, 0.05) is 6.54 Å². The Morgan fingerprint density at radius 2 is 1.83 bits per heavy atom. The van der Waals surface area contributed by atoms with E-state index in [1.54, 1.807) is 0 Å². The molecule has 0 aliphatic carbocycles. The molecule has 0 bridgehead atoms. The summed E-state index contributed by atoms with van der Waals surface area (Å²) in [5.74, 6) is 0.707. The zero-order chi connectivity index (χ0) is 13.9. The van der Waals surface area contributed by atoms with Gasteiger partial charge in [-0.2, -0.15) is 13.2 Å². The summed E-state index contributed by atoms with van der Waals surface area (Å²) < 4.78 is 43.5. The fourth-order valence-corrected chi connectivity index (χ4v) is 1.44. The third-order valence-corrected chi connectivity index (χ3v) is 2.86. The minimum Gasteiger partial charge on any atom is -0.490 e. The Bertz CT molecular complexity index is 402. The van der Waals surface area contributed by atoms with E-state index in [9.17, 15) is 13.2 Å². The maximum absolute atomic E-state index is 12.7. The van der Waals surface area contributed by atoms with Crippen LogP contribution in [0.15, 0.2) is 18.2 Å². The van der Waals surface area contributed by atoms with Crippen LogP contribution < -0.4 is 10.5 Å². The van der Waals surface area contributed by atoms with Crippen molar-refractivity contribution in [1.82, 2.24) is 0 Å². The quantitative estimate of drug-likeness (QED) is 0.899. The lowest BCUT2D eigenvalue weighted by atomic mass is 10.1. The molecule has 0 radical (unpaired) electrons. The number of alkyl halides is 3. The summed E-state index contributed by atoms with van der Waals surface area (Å²) in [5, 5.41) is 0. The van der Waals surface area contributed by atoms with E-state index in [2.05, 4.69) is 0 Å². The SMILES string of the molecule is CC(C)C(C)Oc1ccc(C(F)(F)F)c(CN)c1. The first-order chi connectivity index (χ1) is 8.25. The molecule has 0 spiro atoms. The van der Waals surface area contributed by atoms with Crippen LogP contribution >= 0.6 is 0 Å². The highest BCUT2D eigenvalue weighted by molar-refractivity contribution is 5.37. The van der Waals surface area contributed by atoms with E-state index in [1.165, 1.54) is 12.1 Å². The number of ether oxygens (including phenoxy) is 1. The van der Waals surface area contributed by atoms with Gasteiger partial charge in [-0.1, -0.05) is 13.8 Å². The van der Waals surface area contributed by atoms with Crippen molar-refractivity contribution in [1.29, 1.82) is 0 Å². The first kappa shape index (κ1) is 14.8. The van der Waals surface area contributed by atoms with Crippen LogP contribution in [0.25, 0.3) is 0 Å². The van der Waals surface area contributed by atoms with Crippen molar-refractivity contribution < 1.29 is 17.9 Å². The smallest absolute Gasteiger partial charge is 0.416 e. The normalized spacial score (nSPS) is 13.8. The summed E-state index contributed by atoms with van der Waals surface area (Å²) in [6.45, 7) is 5.68. The Morgan fingerprint density at radius 1 is 1.22 bits per heavy atom. The average Bonchev–Trinajstić information content (AvgIpc) is 2.27. The minimum atomic E-state index is -4.38. The summed E-state index contributed by atoms with van der Waals surface area (Å²) in [6.07, 6.45) is -4.44. The second-order valence-corrected chi connectivity index (χ2v) is 4.59. The zero-order valence-electron chi connectivity index (χ0n) is 10.7. The van der Waals surface area contributed by atoms with Crippen molar-refractivity contribution in [3.8, 4) is 5.75 Å². The molecular weight excluding hydrogens is 243 g/mol. The highest BCUT2D eigenvalue weighted by atomic mass is 19.4. The molecule has 5 heteroatoms. The Hall–Kier alpha value is -1.23. The van der Waals surface area contributed by atoms with Gasteiger partial charge < -0.3 is 10.5 Å². The number of benzene rings is 1. The van der Waals surface area contributed by atoms with Crippen molar-refractivity contribution >= 4 is 0 Å². The minimum absolute atomic E-state index is 0.0518. The molecule has 0 fully saturated rings. The Balaban J connectivity index is 2.99. The lowest BCUT2D eigenvalue weighted by Crippen LogP contribution is -2.19. The molecule has 102 valence electrons. The van der Waals surface area contributed by atoms with Crippen LogP contribution in [0.5, 0.6) is 5.75 Å². The first-order valence-corrected chi connectivity index (χ1v) is 5.82. The molecule has 1 rings (SSSR count). The molecule has 0 aromatic heterocycles. The van der Waals surface area contributed by atoms with Crippen molar-refractivity contribution in [2.75, 3.05) is 0 Å². The molecule has 1 unspecified atom stereocenters. The van der Waals surface area contributed by atoms with Gasteiger partial charge in [0.25, 0.3) is 0 Å². The zero-order valence-corrected chi connectivity index (χ0v) is 10.7. The third kappa shape index (κ3) is 3.63. The molecule has 1 aromatic carbocycles. The monoisotopic (exact) mass is 261 g/mol. The predicted octanol–water partition coefficient (Wildman–Crippen LogP) is 3.59. The topological polar surface area (TPSA) is 35.2 Å². The molecule has 2 nitrogen and oxygen atoms in total. The van der Waals surface area contributed by atoms with Crippen molar-refractivity contribution in [3.05, 3.63) is 29.3 Å². The number of hydrogen-bond donors (Lipinski definition) is 1. The van der Waals surface area contributed by atoms with E-state index in [0.29, 0.717) is 5.75 Å². The third-order valence-electron chi connectivity index (χ3n) is 2.86. The summed E-state index contributed by atoms with van der Waals surface area (Å²) in [6, 6.07) is 3.72. The van der Waals surface area contributed by atoms with Crippen LogP contribution in [0.1, 0.15) is 31.9 Å². The Morgan fingerprint density at radius 3 is 2.28 bits per heavy atom. The summed E-state index contributed by atoms with van der Waals surface area (Å²) in [7, 11) is 0. The van der Waals surface area contributed by atoms with Crippen LogP contribution in [-0.2, 0) is 12.7 Å². The van der Waals surface area contributed by atoms with Gasteiger partial charge in [0.2, 0.25) is 0 Å². The molecule has 0 aliphatic heterocycles. The first-order valence-electron chi connectivity index (χ1n) is 5.82. The van der Waals surface area contributed by atoms with Gasteiger partial charge in [0.05, 0.1) is 11.7 Å². The maximum Gasteiger partial charge on any atom is 0.416 e. The van der Waals surface area contributed by atoms with Crippen LogP contribution in [0.4, 0.5) is 13.2 Å². The van der Waals surface area contributed by atoms with Gasteiger partial charge in [-0.3, -0.25) is 0 Å². The molecule has 0 aliphatic rings. The van der Waals surface area contributed by atoms with Gasteiger partial charge in [-0.05, 0) is 36.6 Å². The standard InChI is InChI=1S/C13H18F3NO/c1-8(2)9(3)18-11-4-5-12(13(14,15)16)10(6-11)7-17/h4-6,8-9H,7,17H2,1-3H3. The fourth-order valence-electron chi connectivity index (χ4n) is 1.44. The van der Waals surface area contributed by atoms with E-state index in [4.69, 9.17) is 10.5 Å². The van der Waals surface area contributed by atoms with Crippen LogP contribution in [0.2, 0.25) is 0 Å². The highest BCUT2D eigenvalue weighted by Gasteiger charge is 2.33. The maximum atomic E-state index is 12.7. The molecule has 2 N–H and O–H groups in total. The number of rotatable bonds is 4. The summed E-state index contributed by atoms with van der Waals surface area (Å²) >= 11 is 0. The summed E-state index contributed by atoms with van der Waals surface area (Å²) in [4.78, 5) is 0. The number of hydrogen-bond acceptors (Lipinski definition) is 2. The molecule has 0 amide bonds. The highest BCUT2D eigenvalue weighted by Crippen LogP contribution is 2.34. The molecule has 18 heavy (non-hydrogen) atoms. The van der Waals surface area contributed by atoms with Gasteiger partial charge >= 0.3 is 6.18 Å². The van der Waals surface area contributed by atoms with E-state index >= 15 is 0 Å². The van der Waals surface area contributed by atoms with E-state index in [0.717, 1.165) is 6.07 Å². The van der Waals surface area contributed by atoms with Crippen LogP contribution in [0.3, 0.4) is 0 Å². The lowest BCUT2D eigenvalue weighted by Gasteiger charge is -2.19. The van der Waals surface area contributed by atoms with Gasteiger partial charge in [0.1, 0.15) is 5.75 Å². The molecular formula is C13H18F3NO. The second-order valence-electron chi connectivity index (χ2n) is 4.59. The predicted molar refractivity (Wildman–Crippen MR) is 64.3 cm³/mol. The van der Waals surface area contributed by atoms with Gasteiger partial charge in [-0.25, -0.2) is 0 Å². The van der Waals surface area contributed by atoms with Gasteiger partial charge in [-0.15, -0.1) is 0 Å². The van der Waals surface area contributed by atoms with Crippen LogP contribution in [-0.4, -0.2) is 6.10 Å². The van der Waals surface area contributed by atoms with Crippen molar-refractivity contribution in [3.63, 3.8) is 0 Å². The second kappa shape index (κ2) is 5.61. The fraction of sp³-hybridized carbons (Fsp3) is 0.538. The molecule has 0 saturated carbocycles. The van der Waals surface area contributed by atoms with E-state index in [1.807, 2.05) is 20.8 Å². The van der Waals surface area contributed by atoms with Crippen LogP contribution in [0, 0.1) is 5.92 Å². The Kier molecular flexibility index (Phi) is 4.62. The van der Waals surface area contributed by atoms with Gasteiger partial charge in [0.15, 0.2) is 0 Å². The average molecular weight is 261 g/mol. The largest absolute Gasteiger partial charge is 0.490 e.